The van der Waals surface area contributed by atoms with Crippen molar-refractivity contribution in [2.24, 2.45) is 12.2 Å². The van der Waals surface area contributed by atoms with Crippen LogP contribution >= 0.6 is 11.6 Å². The van der Waals surface area contributed by atoms with Gasteiger partial charge < -0.3 is 4.57 Å². The van der Waals surface area contributed by atoms with Crippen LogP contribution in [0.4, 0.5) is 13.2 Å². The Balaban J connectivity index is 0.000000530. The van der Waals surface area contributed by atoms with Crippen LogP contribution in [0.2, 0.25) is 5.02 Å². The molecule has 3 rings (SSSR count). The first kappa shape index (κ1) is 34.7. The fraction of sp³-hybridized carbons (Fsp3) is 0.381. The zero-order valence-electron chi connectivity index (χ0n) is 20.8. The molecule has 11 nitrogen and oxygen atoms in total. The van der Waals surface area contributed by atoms with Gasteiger partial charge in [0.2, 0.25) is 10.0 Å². The van der Waals surface area contributed by atoms with Crippen LogP contribution in [0.5, 0.6) is 0 Å². The van der Waals surface area contributed by atoms with Gasteiger partial charge in [0.15, 0.2) is 5.25 Å². The SMILES string of the molecule is CCS(=O)(=O)O.CCS(=O)(=O)O.Cn1c(-c2cncc(CC(C(F)(F)F)S(N)(=O)=O)c2)cc2ccc(Cl)cc21. The molecule has 39 heavy (non-hydrogen) atoms. The maximum absolute atomic E-state index is 13.1. The first-order chi connectivity index (χ1) is 17.6. The number of sulfonamides is 1. The molecule has 0 fully saturated rings. The second-order valence-corrected chi connectivity index (χ2v) is 13.6. The van der Waals surface area contributed by atoms with Crippen molar-refractivity contribution in [1.82, 2.24) is 9.55 Å². The van der Waals surface area contributed by atoms with Gasteiger partial charge in [0.05, 0.1) is 17.2 Å². The van der Waals surface area contributed by atoms with Gasteiger partial charge in [-0.1, -0.05) is 17.7 Å². The van der Waals surface area contributed by atoms with Crippen LogP contribution in [0, 0.1) is 0 Å². The molecule has 2 heterocycles. The summed E-state index contributed by atoms with van der Waals surface area (Å²) in [6.45, 7) is 2.74. The minimum absolute atomic E-state index is 0.118. The Morgan fingerprint density at radius 1 is 0.974 bits per heavy atom. The number of pyridine rings is 1. The van der Waals surface area contributed by atoms with E-state index in [4.69, 9.17) is 25.8 Å². The van der Waals surface area contributed by atoms with Crippen LogP contribution in [0.1, 0.15) is 19.4 Å². The second kappa shape index (κ2) is 13.4. The average Bonchev–Trinajstić information content (AvgIpc) is 3.12. The van der Waals surface area contributed by atoms with Gasteiger partial charge in [-0.2, -0.15) is 30.0 Å². The summed E-state index contributed by atoms with van der Waals surface area (Å²) in [5, 5.41) is 3.54. The quantitative estimate of drug-likeness (QED) is 0.340. The van der Waals surface area contributed by atoms with Crippen LogP contribution in [-0.2, 0) is 43.7 Å². The molecule has 1 aromatic carbocycles. The van der Waals surface area contributed by atoms with Gasteiger partial charge in [-0.3, -0.25) is 14.1 Å². The van der Waals surface area contributed by atoms with Crippen molar-refractivity contribution in [3.63, 3.8) is 0 Å². The average molecular weight is 638 g/mol. The van der Waals surface area contributed by atoms with Crippen molar-refractivity contribution in [3.05, 3.63) is 53.3 Å². The first-order valence-electron chi connectivity index (χ1n) is 10.8. The number of halogens is 4. The van der Waals surface area contributed by atoms with E-state index < -0.39 is 48.1 Å². The summed E-state index contributed by atoms with van der Waals surface area (Å²) in [4.78, 5) is 3.96. The van der Waals surface area contributed by atoms with E-state index in [0.29, 0.717) is 16.3 Å². The van der Waals surface area contributed by atoms with Crippen molar-refractivity contribution >= 4 is 52.8 Å². The number of nitrogens with zero attached hydrogens (tertiary/aromatic N) is 2. The lowest BCUT2D eigenvalue weighted by Crippen LogP contribution is -2.42. The Hall–Kier alpha value is -2.28. The fourth-order valence-corrected chi connectivity index (χ4v) is 3.92. The molecule has 3 aromatic rings. The van der Waals surface area contributed by atoms with E-state index in [1.54, 1.807) is 19.2 Å². The monoisotopic (exact) mass is 637 g/mol. The van der Waals surface area contributed by atoms with Crippen molar-refractivity contribution < 1.29 is 47.5 Å². The number of fused-ring (bicyclic) bond motifs is 1. The Morgan fingerprint density at radius 2 is 1.49 bits per heavy atom. The van der Waals surface area contributed by atoms with Crippen LogP contribution in [-0.4, -0.2) is 66.8 Å². The molecular formula is C21H27ClF3N3O8S3. The smallest absolute Gasteiger partial charge is 0.344 e. The normalized spacial score (nSPS) is 13.2. The predicted molar refractivity (Wildman–Crippen MR) is 142 cm³/mol. The van der Waals surface area contributed by atoms with Gasteiger partial charge in [0.25, 0.3) is 20.2 Å². The number of benzene rings is 1. The zero-order valence-corrected chi connectivity index (χ0v) is 24.0. The maximum atomic E-state index is 13.1. The number of aromatic nitrogens is 2. The molecule has 0 bridgehead atoms. The summed E-state index contributed by atoms with van der Waals surface area (Å²) < 4.78 is 118. The zero-order chi connectivity index (χ0) is 30.4. The van der Waals surface area contributed by atoms with Gasteiger partial charge in [-0.25, -0.2) is 13.6 Å². The summed E-state index contributed by atoms with van der Waals surface area (Å²) in [7, 11) is -10.3. The minimum Gasteiger partial charge on any atom is -0.344 e. The lowest BCUT2D eigenvalue weighted by Gasteiger charge is -2.18. The highest BCUT2D eigenvalue weighted by Gasteiger charge is 2.47. The van der Waals surface area contributed by atoms with Gasteiger partial charge >= 0.3 is 6.18 Å². The molecular weight excluding hydrogens is 611 g/mol. The number of nitrogens with two attached hydrogens (primary N) is 1. The standard InChI is InChI=1S/C17H15ClF3N3O2S.2C2H6O3S/c1-24-14(6-11-2-3-13(18)7-15(11)24)12-4-10(8-23-9-12)5-16(17(19,20)21)27(22,25)26;2*1-2-6(3,4)5/h2-4,6-9,16H,5H2,1H3,(H2,22,25,26);2*2H2,1H3,(H,3,4,5). The van der Waals surface area contributed by atoms with Crippen molar-refractivity contribution in [1.29, 1.82) is 0 Å². The Bertz CT molecular complexity index is 1580. The third-order valence-electron chi connectivity index (χ3n) is 5.01. The highest BCUT2D eigenvalue weighted by atomic mass is 35.5. The molecule has 0 radical (unpaired) electrons. The van der Waals surface area contributed by atoms with Gasteiger partial charge in [0, 0.05) is 47.4 Å². The third-order valence-corrected chi connectivity index (χ3v) is 7.93. The molecule has 1 unspecified atom stereocenters. The summed E-state index contributed by atoms with van der Waals surface area (Å²) in [6, 6.07) is 8.68. The molecule has 0 aliphatic rings. The van der Waals surface area contributed by atoms with Gasteiger partial charge in [0.1, 0.15) is 0 Å². The molecule has 0 aliphatic heterocycles. The number of hydrogen-bond acceptors (Lipinski definition) is 7. The van der Waals surface area contributed by atoms with Crippen molar-refractivity contribution in [3.8, 4) is 11.3 Å². The molecule has 18 heteroatoms. The fourth-order valence-electron chi connectivity index (χ4n) is 2.95. The van der Waals surface area contributed by atoms with E-state index in [9.17, 15) is 38.4 Å². The summed E-state index contributed by atoms with van der Waals surface area (Å²) in [5.74, 6) is -0.403. The maximum Gasteiger partial charge on any atom is 0.407 e. The largest absolute Gasteiger partial charge is 0.407 e. The lowest BCUT2D eigenvalue weighted by atomic mass is 10.1. The van der Waals surface area contributed by atoms with Gasteiger partial charge in [-0.05, 0) is 43.7 Å². The lowest BCUT2D eigenvalue weighted by molar-refractivity contribution is -0.130. The van der Waals surface area contributed by atoms with Gasteiger partial charge in [-0.15, -0.1) is 0 Å². The predicted octanol–water partition coefficient (Wildman–Crippen LogP) is 3.44. The van der Waals surface area contributed by atoms with Crippen LogP contribution in [0.15, 0.2) is 42.7 Å². The van der Waals surface area contributed by atoms with Crippen molar-refractivity contribution in [2.75, 3.05) is 11.5 Å². The number of alkyl halides is 3. The molecule has 0 spiro atoms. The number of primary sulfonamides is 1. The Labute approximate surface area is 229 Å². The van der Waals surface area contributed by atoms with Crippen LogP contribution in [0.25, 0.3) is 22.2 Å². The van der Waals surface area contributed by atoms with E-state index in [1.807, 2.05) is 16.7 Å². The molecule has 0 amide bonds. The molecule has 220 valence electrons. The minimum atomic E-state index is -4.97. The number of rotatable bonds is 6. The molecule has 4 N–H and O–H groups in total. The highest BCUT2D eigenvalue weighted by Crippen LogP contribution is 2.31. The van der Waals surface area contributed by atoms with Crippen molar-refractivity contribution in [2.45, 2.75) is 31.7 Å². The number of aryl methyl sites for hydroxylation is 1. The van der Waals surface area contributed by atoms with E-state index in [1.165, 1.54) is 32.3 Å². The second-order valence-electron chi connectivity index (χ2n) is 7.94. The van der Waals surface area contributed by atoms with E-state index >= 15 is 0 Å². The molecule has 0 saturated carbocycles. The highest BCUT2D eigenvalue weighted by molar-refractivity contribution is 7.89. The molecule has 2 aromatic heterocycles. The van der Waals surface area contributed by atoms with Crippen LogP contribution < -0.4 is 5.14 Å². The summed E-state index contributed by atoms with van der Waals surface area (Å²) in [5.41, 5.74) is 2.23. The first-order valence-corrected chi connectivity index (χ1v) is 16.0. The number of hydrogen-bond donors (Lipinski definition) is 3. The summed E-state index contributed by atoms with van der Waals surface area (Å²) in [6.07, 6.45) is -3.08. The Morgan fingerprint density at radius 3 is 1.92 bits per heavy atom. The molecule has 1 atom stereocenters. The Kier molecular flexibility index (Phi) is 11.9. The van der Waals surface area contributed by atoms with E-state index in [2.05, 4.69) is 4.98 Å². The van der Waals surface area contributed by atoms with Crippen LogP contribution in [0.3, 0.4) is 0 Å². The van der Waals surface area contributed by atoms with E-state index in [-0.39, 0.29) is 17.1 Å². The third kappa shape index (κ3) is 11.8. The van der Waals surface area contributed by atoms with E-state index in [0.717, 1.165) is 10.9 Å². The molecule has 0 aliphatic carbocycles. The summed E-state index contributed by atoms with van der Waals surface area (Å²) >= 11 is 6.01. The topological polar surface area (TPSA) is 187 Å². The molecule has 0 saturated heterocycles.